The summed E-state index contributed by atoms with van der Waals surface area (Å²) >= 11 is 1.96. The minimum atomic E-state index is 0.108. The summed E-state index contributed by atoms with van der Waals surface area (Å²) in [7, 11) is 9.99. The van der Waals surface area contributed by atoms with Gasteiger partial charge in [0.25, 0.3) is 0 Å². The fourth-order valence-electron chi connectivity index (χ4n) is 4.13. The van der Waals surface area contributed by atoms with Gasteiger partial charge in [-0.3, -0.25) is 0 Å². The maximum atomic E-state index is 5.49. The lowest BCUT2D eigenvalue weighted by Crippen LogP contribution is -2.19. The molecule has 7 heteroatoms. The Hall–Kier alpha value is -1.23. The van der Waals surface area contributed by atoms with Crippen LogP contribution in [-0.4, -0.2) is 38.7 Å². The Labute approximate surface area is 182 Å². The normalized spacial score (nSPS) is 13.4. The highest BCUT2D eigenvalue weighted by Gasteiger charge is 2.31. The van der Waals surface area contributed by atoms with Crippen molar-refractivity contribution in [2.45, 2.75) is 25.4 Å². The van der Waals surface area contributed by atoms with Gasteiger partial charge in [-0.2, -0.15) is 0 Å². The maximum absolute atomic E-state index is 5.49. The van der Waals surface area contributed by atoms with Crippen LogP contribution in [-0.2, 0) is 6.42 Å². The van der Waals surface area contributed by atoms with E-state index in [-0.39, 0.29) is 5.21 Å². The molecule has 0 saturated carbocycles. The number of halogens is 1. The number of rotatable bonds is 5. The Morgan fingerprint density at radius 3 is 2.52 bits per heavy atom. The van der Waals surface area contributed by atoms with Gasteiger partial charge in [0.15, 0.2) is 30.3 Å². The van der Waals surface area contributed by atoms with Crippen LogP contribution in [0.3, 0.4) is 0 Å². The van der Waals surface area contributed by atoms with Gasteiger partial charge < -0.3 is 3.07 Å². The van der Waals surface area contributed by atoms with Crippen molar-refractivity contribution in [3.05, 3.63) is 59.2 Å². The molecule has 1 nitrogen and oxygen atoms in total. The summed E-state index contributed by atoms with van der Waals surface area (Å²) < 4.78 is 5.49. The van der Waals surface area contributed by atoms with Crippen LogP contribution in [0.15, 0.2) is 42.5 Å². The fourth-order valence-corrected chi connectivity index (χ4v) is 4.56. The lowest BCUT2D eigenvalue weighted by molar-refractivity contribution is 0.723. The minimum Gasteiger partial charge on any atom is -0.428 e. The van der Waals surface area contributed by atoms with Crippen LogP contribution < -0.4 is 19.5 Å². The van der Waals surface area contributed by atoms with Crippen LogP contribution in [0, 0.1) is 0 Å². The fraction of sp³-hybridized carbons (Fsp3) is 0.200. The molecule has 0 fully saturated rings. The van der Waals surface area contributed by atoms with Crippen LogP contribution in [0.2, 0.25) is 12.0 Å². The molecule has 0 radical (unpaired) electrons. The second-order valence-electron chi connectivity index (χ2n) is 8.62. The SMILES string of the molecule is Bc1cc(B)c2c(c1)C(C(=C)c1ccc(OI)c(BC)c1)=C(C(B)(B)C)C2. The molecule has 0 bridgehead atoms. The van der Waals surface area contributed by atoms with Gasteiger partial charge in [-0.1, -0.05) is 66.3 Å². The molecule has 0 aliphatic heterocycles. The standard InChI is InChI=1S/C20H24B5IO/c1-10(11-4-5-18(27-26)17(6-11)25-3)19-14-7-12(21)8-16(22)13(14)9-15(19)20(2,23)24/h4-8,25H,1,9,21-24H2,2-3H3. The molecule has 1 aliphatic rings. The third-order valence-corrected chi connectivity index (χ3v) is 6.10. The third-order valence-electron chi connectivity index (χ3n) is 5.62. The van der Waals surface area contributed by atoms with Crippen LogP contribution in [0.4, 0.5) is 0 Å². The number of hydrogen-bond donors (Lipinski definition) is 0. The van der Waals surface area contributed by atoms with Gasteiger partial charge in [0.1, 0.15) is 37.1 Å². The van der Waals surface area contributed by atoms with Crippen molar-refractivity contribution in [2.75, 3.05) is 0 Å². The van der Waals surface area contributed by atoms with E-state index in [4.69, 9.17) is 3.07 Å². The van der Waals surface area contributed by atoms with Gasteiger partial charge in [-0.15, -0.1) is 0 Å². The van der Waals surface area contributed by atoms with E-state index in [2.05, 4.69) is 82.0 Å². The van der Waals surface area contributed by atoms with Crippen molar-refractivity contribution < 1.29 is 3.07 Å². The van der Waals surface area contributed by atoms with Gasteiger partial charge in [0, 0.05) is 0 Å². The van der Waals surface area contributed by atoms with Gasteiger partial charge in [0.2, 0.25) is 0 Å². The smallest absolute Gasteiger partial charge is 0.192 e. The highest BCUT2D eigenvalue weighted by Crippen LogP contribution is 2.47. The van der Waals surface area contributed by atoms with Crippen LogP contribution in [0.25, 0.3) is 11.1 Å². The zero-order valence-electron chi connectivity index (χ0n) is 17.3. The predicted octanol–water partition coefficient (Wildman–Crippen LogP) is -0.533. The Kier molecular flexibility index (Phi) is 5.81. The van der Waals surface area contributed by atoms with Gasteiger partial charge in [0.05, 0.1) is 0 Å². The Balaban J connectivity index is 2.19. The molecule has 3 rings (SSSR count). The maximum Gasteiger partial charge on any atom is 0.192 e. The molecule has 2 aromatic rings. The zero-order chi connectivity index (χ0) is 19.9. The Bertz CT molecular complexity index is 960. The molecule has 132 valence electrons. The van der Waals surface area contributed by atoms with Gasteiger partial charge >= 0.3 is 0 Å². The monoisotopic (exact) mass is 462 g/mol. The average molecular weight is 461 g/mol. The summed E-state index contributed by atoms with van der Waals surface area (Å²) in [5.74, 6) is 0.943. The summed E-state index contributed by atoms with van der Waals surface area (Å²) in [6.07, 6.45) is 1.02. The Morgan fingerprint density at radius 2 is 1.93 bits per heavy atom. The molecule has 2 aromatic carbocycles. The van der Waals surface area contributed by atoms with Crippen LogP contribution in [0.1, 0.15) is 23.6 Å². The van der Waals surface area contributed by atoms with Gasteiger partial charge in [-0.05, 0) is 45.8 Å². The molecule has 1 aliphatic carbocycles. The van der Waals surface area contributed by atoms with E-state index in [0.717, 1.165) is 25.0 Å². The molecule has 0 spiro atoms. The Morgan fingerprint density at radius 1 is 1.22 bits per heavy atom. The first-order chi connectivity index (χ1) is 12.7. The largest absolute Gasteiger partial charge is 0.428 e. The summed E-state index contributed by atoms with van der Waals surface area (Å²) in [6.45, 7) is 9.04. The van der Waals surface area contributed by atoms with Crippen molar-refractivity contribution in [1.82, 2.24) is 0 Å². The van der Waals surface area contributed by atoms with E-state index in [1.54, 1.807) is 0 Å². The minimum absolute atomic E-state index is 0.108. The summed E-state index contributed by atoms with van der Waals surface area (Å²) in [4.78, 5) is 0. The molecule has 0 saturated heterocycles. The number of hydrogen-bond acceptors (Lipinski definition) is 1. The molecule has 0 N–H and O–H groups in total. The third kappa shape index (κ3) is 3.85. The van der Waals surface area contributed by atoms with Crippen molar-refractivity contribution in [1.29, 1.82) is 0 Å². The quantitative estimate of drug-likeness (QED) is 0.430. The lowest BCUT2D eigenvalue weighted by atomic mass is 9.51. The molecule has 0 amide bonds. The van der Waals surface area contributed by atoms with Crippen molar-refractivity contribution in [2.24, 2.45) is 0 Å². The first kappa shape index (κ1) is 20.5. The van der Waals surface area contributed by atoms with Gasteiger partial charge in [-0.25, -0.2) is 0 Å². The molecular formula is C20H24B5IO. The van der Waals surface area contributed by atoms with Crippen molar-refractivity contribution >= 4 is 89.2 Å². The number of fused-ring (bicyclic) bond motifs is 1. The molecule has 0 aromatic heterocycles. The number of benzene rings is 2. The second-order valence-corrected chi connectivity index (χ2v) is 9.06. The van der Waals surface area contributed by atoms with Crippen LogP contribution in [0.5, 0.6) is 5.75 Å². The summed E-state index contributed by atoms with van der Waals surface area (Å²) in [5.41, 5.74) is 11.9. The highest BCUT2D eigenvalue weighted by atomic mass is 127. The first-order valence-electron chi connectivity index (χ1n) is 9.62. The van der Waals surface area contributed by atoms with Crippen molar-refractivity contribution in [3.8, 4) is 5.75 Å². The first-order valence-corrected chi connectivity index (χ1v) is 10.5. The summed E-state index contributed by atoms with van der Waals surface area (Å²) in [6, 6.07) is 11.1. The predicted molar refractivity (Wildman–Crippen MR) is 142 cm³/mol. The number of allylic oxidation sites excluding steroid dienone is 3. The second kappa shape index (κ2) is 7.65. The lowest BCUT2D eigenvalue weighted by Gasteiger charge is -2.24. The average Bonchev–Trinajstić information content (AvgIpc) is 3.00. The topological polar surface area (TPSA) is 9.23 Å². The highest BCUT2D eigenvalue weighted by molar-refractivity contribution is 14.1. The van der Waals surface area contributed by atoms with E-state index in [9.17, 15) is 0 Å². The van der Waals surface area contributed by atoms with E-state index >= 15 is 0 Å². The molecule has 0 unspecified atom stereocenters. The van der Waals surface area contributed by atoms with Crippen LogP contribution >= 0.6 is 23.0 Å². The molecule has 0 heterocycles. The molecule has 0 atom stereocenters. The molecule has 27 heavy (non-hydrogen) atoms. The zero-order valence-corrected chi connectivity index (χ0v) is 19.5. The molecular weight excluding hydrogens is 437 g/mol. The van der Waals surface area contributed by atoms with E-state index in [0.29, 0.717) is 0 Å². The van der Waals surface area contributed by atoms with E-state index < -0.39 is 0 Å². The van der Waals surface area contributed by atoms with E-state index in [1.807, 2.05) is 23.0 Å². The van der Waals surface area contributed by atoms with E-state index in [1.165, 1.54) is 44.2 Å². The summed E-state index contributed by atoms with van der Waals surface area (Å²) in [5, 5.41) is 0.108. The van der Waals surface area contributed by atoms with Crippen molar-refractivity contribution in [3.63, 3.8) is 0 Å².